The summed E-state index contributed by atoms with van der Waals surface area (Å²) in [6.45, 7) is 1.96. The van der Waals surface area contributed by atoms with Crippen molar-refractivity contribution in [2.45, 2.75) is 24.3 Å². The number of halogens is 3. The van der Waals surface area contributed by atoms with Crippen LogP contribution in [0.3, 0.4) is 0 Å². The number of aromatic nitrogens is 3. The van der Waals surface area contributed by atoms with E-state index in [1.807, 2.05) is 31.2 Å². The second-order valence-electron chi connectivity index (χ2n) is 4.54. The Labute approximate surface area is 117 Å². The highest BCUT2D eigenvalue weighted by atomic mass is 32.2. The maximum Gasteiger partial charge on any atom is 0.453 e. The quantitative estimate of drug-likeness (QED) is 0.879. The van der Waals surface area contributed by atoms with Gasteiger partial charge < -0.3 is 5.43 Å². The molecule has 106 valence electrons. The number of thioether (sulfide) groups is 1. The highest BCUT2D eigenvalue weighted by Gasteiger charge is 2.40. The topological polar surface area (TPSA) is 42.7 Å². The van der Waals surface area contributed by atoms with E-state index < -0.39 is 12.0 Å². The minimum Gasteiger partial charge on any atom is -0.314 e. The highest BCUT2D eigenvalue weighted by Crippen LogP contribution is 2.35. The van der Waals surface area contributed by atoms with Gasteiger partial charge in [0.2, 0.25) is 5.16 Å². The van der Waals surface area contributed by atoms with Gasteiger partial charge in [0.15, 0.2) is 0 Å². The predicted molar refractivity (Wildman–Crippen MR) is 69.0 cm³/mol. The monoisotopic (exact) mass is 300 g/mol. The van der Waals surface area contributed by atoms with Gasteiger partial charge in [-0.15, -0.1) is 10.2 Å². The van der Waals surface area contributed by atoms with Gasteiger partial charge in [0, 0.05) is 5.75 Å². The summed E-state index contributed by atoms with van der Waals surface area (Å²) in [4.78, 5) is 0. The molecular formula is C12H11F3N4S. The third-order valence-corrected chi connectivity index (χ3v) is 4.05. The van der Waals surface area contributed by atoms with Crippen molar-refractivity contribution in [3.8, 4) is 0 Å². The summed E-state index contributed by atoms with van der Waals surface area (Å²) in [6.07, 6.45) is -4.52. The Morgan fingerprint density at radius 2 is 1.95 bits per heavy atom. The Morgan fingerprint density at radius 1 is 1.25 bits per heavy atom. The molecule has 8 heteroatoms. The molecule has 20 heavy (non-hydrogen) atoms. The minimum atomic E-state index is -4.52. The summed E-state index contributed by atoms with van der Waals surface area (Å²) in [7, 11) is 0. The van der Waals surface area contributed by atoms with Crippen LogP contribution < -0.4 is 5.43 Å². The maximum absolute atomic E-state index is 12.8. The molecule has 0 fully saturated rings. The van der Waals surface area contributed by atoms with Gasteiger partial charge in [0.05, 0.1) is 6.04 Å². The average molecular weight is 300 g/mol. The van der Waals surface area contributed by atoms with Gasteiger partial charge in [-0.1, -0.05) is 41.6 Å². The first kappa shape index (κ1) is 13.3. The smallest absolute Gasteiger partial charge is 0.314 e. The summed E-state index contributed by atoms with van der Waals surface area (Å²) >= 11 is 1.26. The number of alkyl halides is 3. The second kappa shape index (κ2) is 4.69. The van der Waals surface area contributed by atoms with E-state index in [1.54, 1.807) is 0 Å². The van der Waals surface area contributed by atoms with Crippen LogP contribution in [-0.4, -0.2) is 20.6 Å². The van der Waals surface area contributed by atoms with Crippen LogP contribution >= 0.6 is 11.8 Å². The van der Waals surface area contributed by atoms with Crippen molar-refractivity contribution < 1.29 is 13.2 Å². The molecule has 0 saturated carbocycles. The average Bonchev–Trinajstić information content (AvgIpc) is 2.82. The van der Waals surface area contributed by atoms with Crippen LogP contribution in [-0.2, 0) is 6.18 Å². The molecule has 1 N–H and O–H groups in total. The lowest BCUT2D eigenvalue weighted by molar-refractivity contribution is -0.147. The summed E-state index contributed by atoms with van der Waals surface area (Å²) in [5.74, 6) is -0.407. The van der Waals surface area contributed by atoms with Crippen LogP contribution in [0.2, 0.25) is 0 Å². The molecule has 0 radical (unpaired) electrons. The number of fused-ring (bicyclic) bond motifs is 1. The fourth-order valence-corrected chi connectivity index (χ4v) is 2.93. The van der Waals surface area contributed by atoms with Crippen molar-refractivity contribution in [1.29, 1.82) is 0 Å². The molecule has 4 nitrogen and oxygen atoms in total. The van der Waals surface area contributed by atoms with E-state index in [0.29, 0.717) is 5.75 Å². The Morgan fingerprint density at radius 3 is 2.60 bits per heavy atom. The van der Waals surface area contributed by atoms with Crippen molar-refractivity contribution in [3.63, 3.8) is 0 Å². The van der Waals surface area contributed by atoms with Gasteiger partial charge in [-0.3, -0.25) is 0 Å². The third kappa shape index (κ3) is 2.35. The molecule has 1 unspecified atom stereocenters. The SMILES string of the molecule is Cc1ccc(C2CSc3nnc(C(F)(F)F)n3N2)cc1. The zero-order chi connectivity index (χ0) is 14.3. The van der Waals surface area contributed by atoms with E-state index in [4.69, 9.17) is 0 Å². The number of hydrogen-bond donors (Lipinski definition) is 1. The van der Waals surface area contributed by atoms with E-state index in [2.05, 4.69) is 15.6 Å². The van der Waals surface area contributed by atoms with Crippen molar-refractivity contribution in [2.75, 3.05) is 11.2 Å². The number of benzene rings is 1. The molecule has 1 aromatic heterocycles. The lowest BCUT2D eigenvalue weighted by Crippen LogP contribution is -2.31. The normalized spacial score (nSPS) is 18.5. The van der Waals surface area contributed by atoms with Crippen molar-refractivity contribution in [3.05, 3.63) is 41.2 Å². The van der Waals surface area contributed by atoms with Crippen molar-refractivity contribution >= 4 is 11.8 Å². The maximum atomic E-state index is 12.8. The third-order valence-electron chi connectivity index (χ3n) is 3.03. The Balaban J connectivity index is 1.91. The van der Waals surface area contributed by atoms with Crippen LogP contribution in [0.1, 0.15) is 23.0 Å². The molecular weight excluding hydrogens is 289 g/mol. The van der Waals surface area contributed by atoms with Gasteiger partial charge in [-0.05, 0) is 12.5 Å². The van der Waals surface area contributed by atoms with Crippen molar-refractivity contribution in [1.82, 2.24) is 14.9 Å². The number of hydrogen-bond acceptors (Lipinski definition) is 4. The second-order valence-corrected chi connectivity index (χ2v) is 5.53. The minimum absolute atomic E-state index is 0.204. The van der Waals surface area contributed by atoms with Crippen LogP contribution in [0.15, 0.2) is 29.4 Å². The summed E-state index contributed by atoms with van der Waals surface area (Å²) < 4.78 is 39.4. The van der Waals surface area contributed by atoms with E-state index in [1.165, 1.54) is 11.8 Å². The fourth-order valence-electron chi connectivity index (χ4n) is 1.98. The molecule has 3 rings (SSSR count). The Bertz CT molecular complexity index is 621. The van der Waals surface area contributed by atoms with Gasteiger partial charge in [-0.2, -0.15) is 13.2 Å². The standard InChI is InChI=1S/C12H11F3N4S/c1-7-2-4-8(5-3-7)9-6-20-11-17-16-10(12(13,14)15)19(11)18-9/h2-5,9,18H,6H2,1H3. The molecule has 0 aliphatic carbocycles. The molecule has 1 aromatic carbocycles. The molecule has 1 atom stereocenters. The summed E-state index contributed by atoms with van der Waals surface area (Å²) in [6, 6.07) is 7.50. The number of aryl methyl sites for hydroxylation is 1. The molecule has 0 amide bonds. The first-order valence-corrected chi connectivity index (χ1v) is 6.92. The Hall–Kier alpha value is -1.70. The molecule has 2 aromatic rings. The lowest BCUT2D eigenvalue weighted by Gasteiger charge is -2.26. The predicted octanol–water partition coefficient (Wildman–Crippen LogP) is 3.00. The van der Waals surface area contributed by atoms with Crippen LogP contribution in [0.5, 0.6) is 0 Å². The number of rotatable bonds is 1. The highest BCUT2D eigenvalue weighted by molar-refractivity contribution is 7.99. The molecule has 0 spiro atoms. The summed E-state index contributed by atoms with van der Waals surface area (Å²) in [5.41, 5.74) is 4.89. The molecule has 0 bridgehead atoms. The van der Waals surface area contributed by atoms with E-state index in [9.17, 15) is 13.2 Å². The Kier molecular flexibility index (Phi) is 3.12. The fraction of sp³-hybridized carbons (Fsp3) is 0.333. The zero-order valence-electron chi connectivity index (χ0n) is 10.5. The molecule has 2 heterocycles. The van der Waals surface area contributed by atoms with Crippen LogP contribution in [0.4, 0.5) is 13.2 Å². The molecule has 1 aliphatic heterocycles. The van der Waals surface area contributed by atoms with E-state index in [0.717, 1.165) is 15.8 Å². The van der Waals surface area contributed by atoms with Crippen LogP contribution in [0, 0.1) is 6.92 Å². The zero-order valence-corrected chi connectivity index (χ0v) is 11.3. The summed E-state index contributed by atoms with van der Waals surface area (Å²) in [5, 5.41) is 7.01. The van der Waals surface area contributed by atoms with E-state index in [-0.39, 0.29) is 11.2 Å². The van der Waals surface area contributed by atoms with Gasteiger partial charge >= 0.3 is 6.18 Å². The van der Waals surface area contributed by atoms with Crippen LogP contribution in [0.25, 0.3) is 0 Å². The van der Waals surface area contributed by atoms with Gasteiger partial charge in [0.1, 0.15) is 0 Å². The number of nitrogens with one attached hydrogen (secondary N) is 1. The first-order valence-electron chi connectivity index (χ1n) is 5.93. The van der Waals surface area contributed by atoms with E-state index >= 15 is 0 Å². The largest absolute Gasteiger partial charge is 0.453 e. The van der Waals surface area contributed by atoms with Gasteiger partial charge in [-0.25, -0.2) is 4.68 Å². The lowest BCUT2D eigenvalue weighted by atomic mass is 10.1. The molecule has 0 saturated heterocycles. The van der Waals surface area contributed by atoms with Gasteiger partial charge in [0.25, 0.3) is 5.82 Å². The molecule has 1 aliphatic rings. The van der Waals surface area contributed by atoms with Crippen molar-refractivity contribution in [2.24, 2.45) is 0 Å². The first-order chi connectivity index (χ1) is 9.45. The number of nitrogens with zero attached hydrogens (tertiary/aromatic N) is 3.